The Morgan fingerprint density at radius 1 is 1.26 bits per heavy atom. The van der Waals surface area contributed by atoms with Gasteiger partial charge in [0.25, 0.3) is 0 Å². The zero-order chi connectivity index (χ0) is 14.2. The first-order valence-corrected chi connectivity index (χ1v) is 7.07. The normalized spacial score (nSPS) is 18.5. The lowest BCUT2D eigenvalue weighted by molar-refractivity contribution is 0.405. The zero-order valence-corrected chi connectivity index (χ0v) is 12.7. The molecule has 1 aromatic rings. The summed E-state index contributed by atoms with van der Waals surface area (Å²) in [4.78, 5) is 0. The lowest BCUT2D eigenvalue weighted by Crippen LogP contribution is -2.38. The third-order valence-corrected chi connectivity index (χ3v) is 4.24. The molecule has 1 aliphatic rings. The fourth-order valence-corrected chi connectivity index (χ4v) is 2.84. The molecule has 1 aliphatic carbocycles. The smallest absolute Gasteiger partial charge is 0.122 e. The van der Waals surface area contributed by atoms with Gasteiger partial charge in [0.2, 0.25) is 0 Å². The van der Waals surface area contributed by atoms with Gasteiger partial charge < -0.3 is 15.8 Å². The van der Waals surface area contributed by atoms with Gasteiger partial charge >= 0.3 is 0 Å². The third kappa shape index (κ3) is 2.63. The number of rotatable bonds is 5. The van der Waals surface area contributed by atoms with Crippen LogP contribution in [0.4, 0.5) is 0 Å². The van der Waals surface area contributed by atoms with Gasteiger partial charge in [-0.25, -0.2) is 0 Å². The van der Waals surface area contributed by atoms with Gasteiger partial charge in [0.1, 0.15) is 5.75 Å². The van der Waals surface area contributed by atoms with E-state index in [1.165, 1.54) is 16.7 Å². The summed E-state index contributed by atoms with van der Waals surface area (Å²) in [5.74, 6) is 1.42. The van der Waals surface area contributed by atoms with E-state index in [2.05, 4.69) is 38.2 Å². The maximum absolute atomic E-state index is 6.41. The van der Waals surface area contributed by atoms with Crippen molar-refractivity contribution in [3.63, 3.8) is 0 Å². The van der Waals surface area contributed by atoms with Crippen molar-refractivity contribution in [1.29, 1.82) is 0 Å². The largest absolute Gasteiger partial charge is 0.496 e. The summed E-state index contributed by atoms with van der Waals surface area (Å²) in [6.07, 6.45) is 2.20. The van der Waals surface area contributed by atoms with Crippen molar-refractivity contribution < 1.29 is 4.74 Å². The Kier molecular flexibility index (Phi) is 3.88. The van der Waals surface area contributed by atoms with Crippen molar-refractivity contribution in [3.05, 3.63) is 28.8 Å². The number of nitrogens with two attached hydrogens (primary N) is 1. The summed E-state index contributed by atoms with van der Waals surface area (Å²) in [6, 6.07) is 4.64. The molecule has 1 unspecified atom stereocenters. The molecule has 0 aromatic heterocycles. The fraction of sp³-hybridized carbons (Fsp3) is 0.625. The van der Waals surface area contributed by atoms with Crippen LogP contribution in [0.15, 0.2) is 12.1 Å². The van der Waals surface area contributed by atoms with Crippen LogP contribution >= 0.6 is 0 Å². The Balaban J connectivity index is 2.47. The van der Waals surface area contributed by atoms with E-state index < -0.39 is 0 Å². The van der Waals surface area contributed by atoms with Crippen LogP contribution in [0.3, 0.4) is 0 Å². The summed E-state index contributed by atoms with van der Waals surface area (Å²) in [6.45, 7) is 6.53. The first-order valence-electron chi connectivity index (χ1n) is 7.07. The Morgan fingerprint density at radius 3 is 2.32 bits per heavy atom. The Morgan fingerprint density at radius 2 is 1.89 bits per heavy atom. The number of ether oxygens (including phenoxy) is 1. The van der Waals surface area contributed by atoms with Crippen LogP contribution in [-0.4, -0.2) is 19.7 Å². The van der Waals surface area contributed by atoms with Gasteiger partial charge in [-0.1, -0.05) is 13.8 Å². The molecule has 1 aromatic carbocycles. The minimum atomic E-state index is -0.0671. The van der Waals surface area contributed by atoms with Crippen molar-refractivity contribution in [2.24, 2.45) is 5.73 Å². The molecule has 0 bridgehead atoms. The van der Waals surface area contributed by atoms with Gasteiger partial charge in [0.05, 0.1) is 13.2 Å². The molecular formula is C16H26N2O. The van der Waals surface area contributed by atoms with Crippen molar-refractivity contribution in [1.82, 2.24) is 5.32 Å². The second-order valence-electron chi connectivity index (χ2n) is 6.06. The monoisotopic (exact) mass is 262 g/mol. The summed E-state index contributed by atoms with van der Waals surface area (Å²) in [5.41, 5.74) is 10.2. The number of methoxy groups -OCH3 is 1. The summed E-state index contributed by atoms with van der Waals surface area (Å²) in [5, 5.41) is 3.40. The van der Waals surface area contributed by atoms with E-state index in [9.17, 15) is 0 Å². The molecule has 0 saturated heterocycles. The van der Waals surface area contributed by atoms with E-state index in [0.29, 0.717) is 5.92 Å². The highest BCUT2D eigenvalue weighted by atomic mass is 16.5. The highest BCUT2D eigenvalue weighted by molar-refractivity contribution is 5.46. The summed E-state index contributed by atoms with van der Waals surface area (Å²) < 4.78 is 5.51. The molecule has 1 saturated carbocycles. The topological polar surface area (TPSA) is 47.3 Å². The lowest BCUT2D eigenvalue weighted by Gasteiger charge is -2.27. The van der Waals surface area contributed by atoms with Gasteiger partial charge in [-0.05, 0) is 61.6 Å². The highest BCUT2D eigenvalue weighted by Gasteiger charge is 2.46. The molecule has 0 heterocycles. The number of aryl methyl sites for hydroxylation is 1. The first kappa shape index (κ1) is 14.4. The molecular weight excluding hydrogens is 236 g/mol. The van der Waals surface area contributed by atoms with Crippen LogP contribution in [-0.2, 0) is 0 Å². The molecule has 3 N–H and O–H groups in total. The minimum Gasteiger partial charge on any atom is -0.496 e. The SMILES string of the molecule is CNC(c1cc(C(C)C)c(OC)cc1C)C1(N)CC1. The van der Waals surface area contributed by atoms with Gasteiger partial charge in [0, 0.05) is 5.54 Å². The van der Waals surface area contributed by atoms with E-state index in [-0.39, 0.29) is 11.6 Å². The minimum absolute atomic E-state index is 0.0671. The quantitative estimate of drug-likeness (QED) is 0.857. The van der Waals surface area contributed by atoms with Crippen molar-refractivity contribution in [2.75, 3.05) is 14.2 Å². The first-order chi connectivity index (χ1) is 8.92. The van der Waals surface area contributed by atoms with Crippen molar-refractivity contribution in [2.45, 2.75) is 51.1 Å². The molecule has 3 heteroatoms. The van der Waals surface area contributed by atoms with E-state index in [0.717, 1.165) is 18.6 Å². The molecule has 0 spiro atoms. The molecule has 106 valence electrons. The van der Waals surface area contributed by atoms with E-state index in [4.69, 9.17) is 10.5 Å². The van der Waals surface area contributed by atoms with Crippen LogP contribution in [0.1, 0.15) is 55.3 Å². The molecule has 0 aliphatic heterocycles. The zero-order valence-electron chi connectivity index (χ0n) is 12.7. The van der Waals surface area contributed by atoms with Gasteiger partial charge in [-0.2, -0.15) is 0 Å². The Labute approximate surface area is 116 Å². The molecule has 1 fully saturated rings. The van der Waals surface area contributed by atoms with Crippen LogP contribution in [0.2, 0.25) is 0 Å². The molecule has 19 heavy (non-hydrogen) atoms. The maximum Gasteiger partial charge on any atom is 0.122 e. The molecule has 1 atom stereocenters. The maximum atomic E-state index is 6.41. The van der Waals surface area contributed by atoms with E-state index in [1.54, 1.807) is 7.11 Å². The molecule has 0 amide bonds. The number of benzene rings is 1. The number of likely N-dealkylation sites (N-methyl/N-ethyl adjacent to an activating group) is 1. The summed E-state index contributed by atoms with van der Waals surface area (Å²) in [7, 11) is 3.73. The Bertz CT molecular complexity index is 464. The average molecular weight is 262 g/mol. The predicted molar refractivity (Wildman–Crippen MR) is 79.8 cm³/mol. The average Bonchev–Trinajstić information content (AvgIpc) is 3.10. The van der Waals surface area contributed by atoms with Gasteiger partial charge in [0.15, 0.2) is 0 Å². The second-order valence-corrected chi connectivity index (χ2v) is 6.06. The van der Waals surface area contributed by atoms with Crippen molar-refractivity contribution >= 4 is 0 Å². The third-order valence-electron chi connectivity index (χ3n) is 4.24. The van der Waals surface area contributed by atoms with Crippen LogP contribution in [0.25, 0.3) is 0 Å². The molecule has 0 radical (unpaired) electrons. The predicted octanol–water partition coefficient (Wildman–Crippen LogP) is 2.88. The van der Waals surface area contributed by atoms with E-state index in [1.807, 2.05) is 7.05 Å². The van der Waals surface area contributed by atoms with Crippen LogP contribution < -0.4 is 15.8 Å². The van der Waals surface area contributed by atoms with Gasteiger partial charge in [-0.3, -0.25) is 0 Å². The second kappa shape index (κ2) is 5.14. The highest BCUT2D eigenvalue weighted by Crippen LogP contribution is 2.45. The standard InChI is InChI=1S/C16H26N2O/c1-10(2)12-9-13(11(3)8-14(12)19-5)15(18-4)16(17)6-7-16/h8-10,15,18H,6-7,17H2,1-5H3. The number of hydrogen-bond donors (Lipinski definition) is 2. The summed E-state index contributed by atoms with van der Waals surface area (Å²) >= 11 is 0. The van der Waals surface area contributed by atoms with Crippen molar-refractivity contribution in [3.8, 4) is 5.75 Å². The number of hydrogen-bond acceptors (Lipinski definition) is 3. The van der Waals surface area contributed by atoms with E-state index >= 15 is 0 Å². The van der Waals surface area contributed by atoms with Crippen LogP contribution in [0, 0.1) is 6.92 Å². The Hall–Kier alpha value is -1.06. The molecule has 2 rings (SSSR count). The number of nitrogens with one attached hydrogen (secondary N) is 1. The van der Waals surface area contributed by atoms with Gasteiger partial charge in [-0.15, -0.1) is 0 Å². The molecule has 3 nitrogen and oxygen atoms in total. The van der Waals surface area contributed by atoms with Crippen LogP contribution in [0.5, 0.6) is 5.75 Å². The fourth-order valence-electron chi connectivity index (χ4n) is 2.84. The lowest BCUT2D eigenvalue weighted by atomic mass is 9.89.